The number of alkyl halides is 3. The van der Waals surface area contributed by atoms with Gasteiger partial charge in [-0.3, -0.25) is 4.99 Å². The molecule has 2 aromatic rings. The van der Waals surface area contributed by atoms with Crippen molar-refractivity contribution in [3.63, 3.8) is 0 Å². The van der Waals surface area contributed by atoms with Crippen molar-refractivity contribution in [1.29, 1.82) is 0 Å². The number of nitrogens with zero attached hydrogens (tertiary/aromatic N) is 3. The SMILES string of the molecule is CC(C)C(/C=C(\N)C(F)(F)F)=NC1=CCC(C)(CNc2nc(-c3ccccc3C(C)C)nc3c2CCCCC3O)C=C1. The van der Waals surface area contributed by atoms with Crippen LogP contribution in [-0.4, -0.2) is 33.5 Å². The van der Waals surface area contributed by atoms with Crippen molar-refractivity contribution >= 4 is 11.5 Å². The molecule has 0 spiro atoms. The van der Waals surface area contributed by atoms with Crippen molar-refractivity contribution in [2.45, 2.75) is 84.9 Å². The van der Waals surface area contributed by atoms with Gasteiger partial charge in [0.25, 0.3) is 0 Å². The number of nitrogens with two attached hydrogens (primary N) is 1. The number of hydrogen-bond donors (Lipinski definition) is 3. The van der Waals surface area contributed by atoms with Gasteiger partial charge in [0.1, 0.15) is 11.5 Å². The molecule has 2 aliphatic rings. The highest BCUT2D eigenvalue weighted by molar-refractivity contribution is 5.97. The van der Waals surface area contributed by atoms with Gasteiger partial charge in [-0.15, -0.1) is 0 Å². The maximum atomic E-state index is 13.0. The molecule has 42 heavy (non-hydrogen) atoms. The van der Waals surface area contributed by atoms with E-state index in [0.29, 0.717) is 36.6 Å². The molecule has 0 amide bonds. The van der Waals surface area contributed by atoms with Crippen LogP contribution in [0.3, 0.4) is 0 Å². The van der Waals surface area contributed by atoms with Gasteiger partial charge >= 0.3 is 6.18 Å². The summed E-state index contributed by atoms with van der Waals surface area (Å²) in [4.78, 5) is 14.4. The number of aliphatic hydroxyl groups is 1. The van der Waals surface area contributed by atoms with Crippen LogP contribution >= 0.6 is 0 Å². The monoisotopic (exact) mass is 581 g/mol. The third kappa shape index (κ3) is 7.48. The van der Waals surface area contributed by atoms with Gasteiger partial charge in [0.05, 0.1) is 17.5 Å². The molecule has 9 heteroatoms. The zero-order chi connectivity index (χ0) is 30.7. The minimum atomic E-state index is -4.59. The molecule has 6 nitrogen and oxygen atoms in total. The average Bonchev–Trinajstić information content (AvgIpc) is 3.13. The summed E-state index contributed by atoms with van der Waals surface area (Å²) in [6, 6.07) is 8.13. The minimum Gasteiger partial charge on any atom is -0.395 e. The van der Waals surface area contributed by atoms with Gasteiger partial charge in [-0.05, 0) is 55.2 Å². The molecule has 1 heterocycles. The van der Waals surface area contributed by atoms with Gasteiger partial charge in [-0.25, -0.2) is 9.97 Å². The van der Waals surface area contributed by atoms with Crippen LogP contribution in [0.25, 0.3) is 11.4 Å². The second-order valence-electron chi connectivity index (χ2n) is 12.2. The van der Waals surface area contributed by atoms with Crippen molar-refractivity contribution in [3.8, 4) is 11.4 Å². The predicted molar refractivity (Wildman–Crippen MR) is 163 cm³/mol. The quantitative estimate of drug-likeness (QED) is 0.218. The molecule has 0 fully saturated rings. The van der Waals surface area contributed by atoms with Gasteiger partial charge in [0, 0.05) is 28.8 Å². The summed E-state index contributed by atoms with van der Waals surface area (Å²) in [5.74, 6) is 1.41. The fraction of sp³-hybridized carbons (Fsp3) is 0.485. The Morgan fingerprint density at radius 2 is 1.93 bits per heavy atom. The summed E-state index contributed by atoms with van der Waals surface area (Å²) in [6.07, 6.45) is 5.49. The number of anilines is 1. The average molecular weight is 582 g/mol. The van der Waals surface area contributed by atoms with Crippen LogP contribution in [0.15, 0.2) is 65.0 Å². The first-order valence-corrected chi connectivity index (χ1v) is 14.7. The van der Waals surface area contributed by atoms with E-state index in [4.69, 9.17) is 15.7 Å². The molecule has 1 aromatic carbocycles. The number of fused-ring (bicyclic) bond motifs is 1. The summed E-state index contributed by atoms with van der Waals surface area (Å²) in [5, 5.41) is 14.6. The van der Waals surface area contributed by atoms with E-state index in [2.05, 4.69) is 37.1 Å². The number of rotatable bonds is 8. The van der Waals surface area contributed by atoms with Crippen molar-refractivity contribution < 1.29 is 18.3 Å². The lowest BCUT2D eigenvalue weighted by atomic mass is 9.83. The molecule has 0 aliphatic heterocycles. The second kappa shape index (κ2) is 12.8. The third-order valence-electron chi connectivity index (χ3n) is 7.91. The van der Waals surface area contributed by atoms with Crippen molar-refractivity contribution in [3.05, 3.63) is 76.8 Å². The molecular weight excluding hydrogens is 539 g/mol. The van der Waals surface area contributed by atoms with E-state index in [9.17, 15) is 18.3 Å². The summed E-state index contributed by atoms with van der Waals surface area (Å²) >= 11 is 0. The lowest BCUT2D eigenvalue weighted by Crippen LogP contribution is -2.27. The first-order valence-electron chi connectivity index (χ1n) is 14.7. The fourth-order valence-electron chi connectivity index (χ4n) is 5.25. The number of aliphatic imine (C=N–C) groups is 1. The first-order chi connectivity index (χ1) is 19.8. The highest BCUT2D eigenvalue weighted by atomic mass is 19.4. The maximum absolute atomic E-state index is 13.0. The Bertz CT molecular complexity index is 1410. The second-order valence-corrected chi connectivity index (χ2v) is 12.2. The first kappa shape index (κ1) is 31.5. The molecule has 0 bridgehead atoms. The van der Waals surface area contributed by atoms with Crippen molar-refractivity contribution in [2.24, 2.45) is 22.1 Å². The van der Waals surface area contributed by atoms with Crippen LogP contribution in [0.1, 0.15) is 89.1 Å². The van der Waals surface area contributed by atoms with Crippen molar-refractivity contribution in [1.82, 2.24) is 9.97 Å². The molecular formula is C33H42F3N5O. The largest absolute Gasteiger partial charge is 0.430 e. The lowest BCUT2D eigenvalue weighted by Gasteiger charge is -2.29. The standard InChI is InChI=1S/C33H42F3N5O/c1-20(2)23-10-6-7-11-24(23)31-40-29-25(12-8-9-13-27(29)42)30(41-31)38-19-32(5)16-14-22(15-17-32)39-26(21(3)4)18-28(37)33(34,35)36/h6-7,10-11,14-16,18,20-21,27,42H,8-9,12-13,17,19,37H2,1-5H3,(H,38,40,41)/b28-18-,39-26?. The maximum Gasteiger partial charge on any atom is 0.430 e. The number of nitrogens with one attached hydrogen (secondary N) is 1. The fourth-order valence-corrected chi connectivity index (χ4v) is 5.25. The molecule has 2 atom stereocenters. The molecule has 0 saturated heterocycles. The Morgan fingerprint density at radius 1 is 1.19 bits per heavy atom. The van der Waals surface area contributed by atoms with Gasteiger partial charge in [-0.2, -0.15) is 13.2 Å². The smallest absolute Gasteiger partial charge is 0.395 e. The van der Waals surface area contributed by atoms with Crippen LogP contribution < -0.4 is 11.1 Å². The normalized spacial score (nSPS) is 21.8. The molecule has 2 aliphatic carbocycles. The third-order valence-corrected chi connectivity index (χ3v) is 7.91. The van der Waals surface area contributed by atoms with Gasteiger partial charge in [0.2, 0.25) is 0 Å². The minimum absolute atomic E-state index is 0.228. The number of benzene rings is 1. The van der Waals surface area contributed by atoms with E-state index >= 15 is 0 Å². The van der Waals surface area contributed by atoms with E-state index in [1.165, 1.54) is 0 Å². The summed E-state index contributed by atoms with van der Waals surface area (Å²) in [5.41, 5.74) is 8.47. The molecule has 4 N–H and O–H groups in total. The van der Waals surface area contributed by atoms with Crippen LogP contribution in [0, 0.1) is 11.3 Å². The summed E-state index contributed by atoms with van der Waals surface area (Å²) in [7, 11) is 0. The number of halogens is 3. The Kier molecular flexibility index (Phi) is 9.60. The van der Waals surface area contributed by atoms with E-state index < -0.39 is 18.0 Å². The zero-order valence-corrected chi connectivity index (χ0v) is 25.1. The molecule has 1 aromatic heterocycles. The van der Waals surface area contributed by atoms with Crippen LogP contribution in [0.4, 0.5) is 19.0 Å². The number of allylic oxidation sites excluding steroid dienone is 4. The van der Waals surface area contributed by atoms with Gasteiger partial charge in [0.15, 0.2) is 5.82 Å². The highest BCUT2D eigenvalue weighted by Crippen LogP contribution is 2.36. The van der Waals surface area contributed by atoms with E-state index in [-0.39, 0.29) is 23.0 Å². The highest BCUT2D eigenvalue weighted by Gasteiger charge is 2.32. The zero-order valence-electron chi connectivity index (χ0n) is 25.1. The summed E-state index contributed by atoms with van der Waals surface area (Å²) in [6.45, 7) is 10.5. The molecule has 4 rings (SSSR count). The van der Waals surface area contributed by atoms with Gasteiger partial charge < -0.3 is 16.2 Å². The predicted octanol–water partition coefficient (Wildman–Crippen LogP) is 7.79. The number of aromatic nitrogens is 2. The molecule has 0 radical (unpaired) electrons. The number of aliphatic hydroxyl groups excluding tert-OH is 1. The molecule has 2 unspecified atom stereocenters. The topological polar surface area (TPSA) is 96.4 Å². The molecule has 0 saturated carbocycles. The Balaban J connectivity index is 1.60. The Hall–Kier alpha value is -3.46. The van der Waals surface area contributed by atoms with Crippen LogP contribution in [0.2, 0.25) is 0 Å². The van der Waals surface area contributed by atoms with Crippen molar-refractivity contribution in [2.75, 3.05) is 11.9 Å². The summed E-state index contributed by atoms with van der Waals surface area (Å²) < 4.78 is 39.0. The van der Waals surface area contributed by atoms with E-state index in [0.717, 1.165) is 47.8 Å². The van der Waals surface area contributed by atoms with Crippen LogP contribution in [0.5, 0.6) is 0 Å². The van der Waals surface area contributed by atoms with E-state index in [1.54, 1.807) is 13.8 Å². The molecule has 226 valence electrons. The van der Waals surface area contributed by atoms with Crippen LogP contribution in [-0.2, 0) is 6.42 Å². The Morgan fingerprint density at radius 3 is 2.57 bits per heavy atom. The Labute approximate surface area is 246 Å². The lowest BCUT2D eigenvalue weighted by molar-refractivity contribution is -0.0925. The van der Waals surface area contributed by atoms with E-state index in [1.807, 2.05) is 36.4 Å². The van der Waals surface area contributed by atoms with Gasteiger partial charge in [-0.1, -0.05) is 77.5 Å². The number of hydrogen-bond acceptors (Lipinski definition) is 6.